The fraction of sp³-hybridized carbons (Fsp3) is 0.478. The zero-order chi connectivity index (χ0) is 20.9. The Morgan fingerprint density at radius 1 is 1.10 bits per heavy atom. The molecule has 0 bridgehead atoms. The molecule has 2 aromatic rings. The van der Waals surface area contributed by atoms with Crippen molar-refractivity contribution < 1.29 is 9.18 Å². The van der Waals surface area contributed by atoms with Crippen molar-refractivity contribution in [3.8, 4) is 0 Å². The maximum atomic E-state index is 13.3. The Hall–Kier alpha value is -2.35. The van der Waals surface area contributed by atoms with E-state index in [4.69, 9.17) is 0 Å². The lowest BCUT2D eigenvalue weighted by Gasteiger charge is -2.35. The molecule has 2 aliphatic rings. The van der Waals surface area contributed by atoms with E-state index in [1.165, 1.54) is 12.1 Å². The summed E-state index contributed by atoms with van der Waals surface area (Å²) in [5, 5.41) is 0. The summed E-state index contributed by atoms with van der Waals surface area (Å²) in [6.45, 7) is 6.39. The topological polar surface area (TPSA) is 60.5 Å². The molecule has 2 fully saturated rings. The first kappa shape index (κ1) is 20.9. The predicted molar refractivity (Wildman–Crippen MR) is 114 cm³/mol. The van der Waals surface area contributed by atoms with E-state index in [0.29, 0.717) is 6.42 Å². The van der Waals surface area contributed by atoms with Crippen molar-refractivity contribution >= 4 is 5.91 Å². The molecule has 30 heavy (non-hydrogen) atoms. The predicted octanol–water partition coefficient (Wildman–Crippen LogP) is 2.15. The van der Waals surface area contributed by atoms with Gasteiger partial charge in [-0.15, -0.1) is 0 Å². The highest BCUT2D eigenvalue weighted by atomic mass is 19.1. The van der Waals surface area contributed by atoms with E-state index in [2.05, 4.69) is 33.7 Å². The minimum atomic E-state index is -0.244. The standard InChI is InChI=1S/C23H30FN5O/c1-17-21(23(27-26-17)18-5-7-19(24)8-6-18)16-22(30)29-14-12-28(13-15-29)11-9-20-4-2-3-10-25-20/h2-8,10,17,21,23,26-27H,9,11-16H2,1H3. The average molecular weight is 412 g/mol. The van der Waals surface area contributed by atoms with Crippen molar-refractivity contribution in [3.63, 3.8) is 0 Å². The number of aromatic nitrogens is 1. The molecular formula is C23H30FN5O. The molecular weight excluding hydrogens is 381 g/mol. The van der Waals surface area contributed by atoms with Gasteiger partial charge in [0.05, 0.1) is 6.04 Å². The van der Waals surface area contributed by atoms with Gasteiger partial charge in [-0.1, -0.05) is 18.2 Å². The normalized spacial score (nSPS) is 24.9. The highest BCUT2D eigenvalue weighted by Crippen LogP contribution is 2.32. The third-order valence-electron chi connectivity index (χ3n) is 6.31. The van der Waals surface area contributed by atoms with E-state index >= 15 is 0 Å². The molecule has 3 unspecified atom stereocenters. The molecule has 3 heterocycles. The largest absolute Gasteiger partial charge is 0.340 e. The third kappa shape index (κ3) is 5.03. The molecule has 7 heteroatoms. The molecule has 2 saturated heterocycles. The zero-order valence-corrected chi connectivity index (χ0v) is 17.4. The summed E-state index contributed by atoms with van der Waals surface area (Å²) < 4.78 is 13.3. The Kier molecular flexibility index (Phi) is 6.72. The molecule has 6 nitrogen and oxygen atoms in total. The Balaban J connectivity index is 1.28. The summed E-state index contributed by atoms with van der Waals surface area (Å²) in [5.41, 5.74) is 8.65. The first-order chi connectivity index (χ1) is 14.6. The van der Waals surface area contributed by atoms with Crippen molar-refractivity contribution in [1.29, 1.82) is 0 Å². The van der Waals surface area contributed by atoms with Crippen LogP contribution in [0, 0.1) is 11.7 Å². The lowest BCUT2D eigenvalue weighted by atomic mass is 9.87. The molecule has 3 atom stereocenters. The number of carbonyl (C=O) groups excluding carboxylic acids is 1. The van der Waals surface area contributed by atoms with Gasteiger partial charge in [0, 0.05) is 69.4 Å². The maximum Gasteiger partial charge on any atom is 0.223 e. The van der Waals surface area contributed by atoms with Crippen molar-refractivity contribution in [2.24, 2.45) is 5.92 Å². The molecule has 0 spiro atoms. The summed E-state index contributed by atoms with van der Waals surface area (Å²) in [6, 6.07) is 12.7. The highest BCUT2D eigenvalue weighted by molar-refractivity contribution is 5.76. The van der Waals surface area contributed by atoms with Gasteiger partial charge in [-0.05, 0) is 36.8 Å². The van der Waals surface area contributed by atoms with Crippen LogP contribution in [-0.2, 0) is 11.2 Å². The van der Waals surface area contributed by atoms with Gasteiger partial charge in [0.1, 0.15) is 5.82 Å². The summed E-state index contributed by atoms with van der Waals surface area (Å²) in [6.07, 6.45) is 3.25. The molecule has 0 radical (unpaired) electrons. The van der Waals surface area contributed by atoms with Gasteiger partial charge in [-0.3, -0.25) is 20.1 Å². The smallest absolute Gasteiger partial charge is 0.223 e. The number of nitrogens with zero attached hydrogens (tertiary/aromatic N) is 3. The molecule has 2 N–H and O–H groups in total. The number of amides is 1. The molecule has 4 rings (SSSR count). The second-order valence-electron chi connectivity index (χ2n) is 8.27. The lowest BCUT2D eigenvalue weighted by Crippen LogP contribution is -2.49. The number of piperazine rings is 1. The quantitative estimate of drug-likeness (QED) is 0.763. The highest BCUT2D eigenvalue weighted by Gasteiger charge is 2.36. The van der Waals surface area contributed by atoms with Gasteiger partial charge in [-0.25, -0.2) is 9.82 Å². The third-order valence-corrected chi connectivity index (χ3v) is 6.31. The number of rotatable bonds is 6. The number of hydrogen-bond donors (Lipinski definition) is 2. The van der Waals surface area contributed by atoms with Crippen LogP contribution in [-0.4, -0.2) is 59.5 Å². The van der Waals surface area contributed by atoms with Crippen LogP contribution in [0.25, 0.3) is 0 Å². The molecule has 1 aromatic carbocycles. The van der Waals surface area contributed by atoms with Crippen molar-refractivity contribution in [2.75, 3.05) is 32.7 Å². The summed E-state index contributed by atoms with van der Waals surface area (Å²) in [5.74, 6) is 0.0882. The van der Waals surface area contributed by atoms with E-state index in [1.54, 1.807) is 12.1 Å². The maximum absolute atomic E-state index is 13.3. The van der Waals surface area contributed by atoms with Crippen LogP contribution in [0.2, 0.25) is 0 Å². The van der Waals surface area contributed by atoms with Crippen LogP contribution >= 0.6 is 0 Å². The Bertz CT molecular complexity index is 823. The Morgan fingerprint density at radius 2 is 1.87 bits per heavy atom. The van der Waals surface area contributed by atoms with Crippen molar-refractivity contribution in [1.82, 2.24) is 25.6 Å². The van der Waals surface area contributed by atoms with Crippen LogP contribution < -0.4 is 10.9 Å². The number of hydrogen-bond acceptors (Lipinski definition) is 5. The van der Waals surface area contributed by atoms with E-state index < -0.39 is 0 Å². The average Bonchev–Trinajstić information content (AvgIpc) is 3.14. The number of nitrogens with one attached hydrogen (secondary N) is 2. The Morgan fingerprint density at radius 3 is 2.57 bits per heavy atom. The van der Waals surface area contributed by atoms with E-state index in [0.717, 1.165) is 50.4 Å². The van der Waals surface area contributed by atoms with E-state index in [1.807, 2.05) is 23.2 Å². The zero-order valence-electron chi connectivity index (χ0n) is 17.4. The first-order valence-corrected chi connectivity index (χ1v) is 10.8. The van der Waals surface area contributed by atoms with Gasteiger partial charge in [0.2, 0.25) is 5.91 Å². The molecule has 1 amide bonds. The van der Waals surface area contributed by atoms with Crippen molar-refractivity contribution in [2.45, 2.75) is 31.8 Å². The number of hydrazine groups is 1. The van der Waals surface area contributed by atoms with E-state index in [9.17, 15) is 9.18 Å². The number of pyridine rings is 1. The number of benzene rings is 1. The fourth-order valence-corrected chi connectivity index (χ4v) is 4.39. The van der Waals surface area contributed by atoms with Gasteiger partial charge in [-0.2, -0.15) is 0 Å². The monoisotopic (exact) mass is 411 g/mol. The number of halogens is 1. The van der Waals surface area contributed by atoms with Crippen molar-refractivity contribution in [3.05, 3.63) is 65.7 Å². The van der Waals surface area contributed by atoms with Crippen LogP contribution in [0.15, 0.2) is 48.7 Å². The summed E-state index contributed by atoms with van der Waals surface area (Å²) in [7, 11) is 0. The van der Waals surface area contributed by atoms with Gasteiger partial charge in [0.15, 0.2) is 0 Å². The SMILES string of the molecule is CC1NNC(c2ccc(F)cc2)C1CC(=O)N1CCN(CCc2ccccn2)CC1. The van der Waals surface area contributed by atoms with E-state index in [-0.39, 0.29) is 29.7 Å². The molecule has 160 valence electrons. The van der Waals surface area contributed by atoms with Crippen LogP contribution in [0.5, 0.6) is 0 Å². The minimum Gasteiger partial charge on any atom is -0.340 e. The van der Waals surface area contributed by atoms with Gasteiger partial charge >= 0.3 is 0 Å². The second-order valence-corrected chi connectivity index (χ2v) is 8.27. The van der Waals surface area contributed by atoms with Gasteiger partial charge in [0.25, 0.3) is 0 Å². The first-order valence-electron chi connectivity index (χ1n) is 10.8. The van der Waals surface area contributed by atoms with Crippen LogP contribution in [0.3, 0.4) is 0 Å². The van der Waals surface area contributed by atoms with Gasteiger partial charge < -0.3 is 4.90 Å². The number of carbonyl (C=O) groups is 1. The summed E-state index contributed by atoms with van der Waals surface area (Å²) >= 11 is 0. The second kappa shape index (κ2) is 9.64. The molecule has 0 aliphatic carbocycles. The lowest BCUT2D eigenvalue weighted by molar-refractivity contribution is -0.134. The summed E-state index contributed by atoms with van der Waals surface area (Å²) in [4.78, 5) is 21.8. The Labute approximate surface area is 177 Å². The van der Waals surface area contributed by atoms with Crippen LogP contribution in [0.4, 0.5) is 4.39 Å². The molecule has 2 aliphatic heterocycles. The van der Waals surface area contributed by atoms with Crippen LogP contribution in [0.1, 0.15) is 30.6 Å². The minimum absolute atomic E-state index is 0.00390. The molecule has 0 saturated carbocycles. The fourth-order valence-electron chi connectivity index (χ4n) is 4.39. The molecule has 1 aromatic heterocycles.